The summed E-state index contributed by atoms with van der Waals surface area (Å²) in [6.07, 6.45) is 4.23. The number of halogens is 1. The standard InChI is InChI=1S/C14H20ClNO2S/c1-10(12-2-3-13(15)19-12)16-11-4-6-14(7-5-11)17-8-9-18-14/h2-3,10-11,16H,4-9H2,1H3. The molecule has 2 aliphatic rings. The summed E-state index contributed by atoms with van der Waals surface area (Å²) in [5.41, 5.74) is 0. The van der Waals surface area contributed by atoms with Gasteiger partial charge in [-0.2, -0.15) is 0 Å². The van der Waals surface area contributed by atoms with Crippen LogP contribution in [0.3, 0.4) is 0 Å². The first kappa shape index (κ1) is 13.8. The summed E-state index contributed by atoms with van der Waals surface area (Å²) < 4.78 is 12.4. The molecule has 1 spiro atoms. The van der Waals surface area contributed by atoms with Crippen molar-refractivity contribution in [3.05, 3.63) is 21.3 Å². The first-order chi connectivity index (χ1) is 9.17. The van der Waals surface area contributed by atoms with E-state index in [9.17, 15) is 0 Å². The summed E-state index contributed by atoms with van der Waals surface area (Å²) in [5.74, 6) is -0.256. The largest absolute Gasteiger partial charge is 0.348 e. The first-order valence-electron chi connectivity index (χ1n) is 6.96. The molecule has 0 amide bonds. The molecule has 0 bridgehead atoms. The third kappa shape index (κ3) is 3.14. The second-order valence-electron chi connectivity index (χ2n) is 5.41. The van der Waals surface area contributed by atoms with Crippen LogP contribution in [0.5, 0.6) is 0 Å². The Bertz CT molecular complexity index is 421. The number of ether oxygens (including phenoxy) is 2. The van der Waals surface area contributed by atoms with Crippen molar-refractivity contribution < 1.29 is 9.47 Å². The van der Waals surface area contributed by atoms with E-state index in [1.807, 2.05) is 6.07 Å². The fourth-order valence-electron chi connectivity index (χ4n) is 3.01. The Morgan fingerprint density at radius 3 is 2.58 bits per heavy atom. The maximum atomic E-state index is 5.99. The Hall–Kier alpha value is -0.130. The zero-order valence-corrected chi connectivity index (χ0v) is 12.7. The maximum absolute atomic E-state index is 5.99. The monoisotopic (exact) mass is 301 g/mol. The van der Waals surface area contributed by atoms with Crippen LogP contribution in [0.1, 0.15) is 43.5 Å². The summed E-state index contributed by atoms with van der Waals surface area (Å²) in [4.78, 5) is 1.30. The molecule has 19 heavy (non-hydrogen) atoms. The van der Waals surface area contributed by atoms with Gasteiger partial charge in [-0.3, -0.25) is 0 Å². The molecule has 0 radical (unpaired) electrons. The highest BCUT2D eigenvalue weighted by Gasteiger charge is 2.40. The summed E-state index contributed by atoms with van der Waals surface area (Å²) in [6.45, 7) is 3.71. The molecule has 3 rings (SSSR count). The van der Waals surface area contributed by atoms with Crippen LogP contribution >= 0.6 is 22.9 Å². The Balaban J connectivity index is 1.52. The Labute approximate surface area is 123 Å². The van der Waals surface area contributed by atoms with Gasteiger partial charge in [0, 0.05) is 29.8 Å². The molecule has 1 aliphatic carbocycles. The van der Waals surface area contributed by atoms with Crippen LogP contribution in [0, 0.1) is 0 Å². The molecule has 2 heterocycles. The highest BCUT2D eigenvalue weighted by Crippen LogP contribution is 2.36. The van der Waals surface area contributed by atoms with E-state index in [0.717, 1.165) is 43.2 Å². The Morgan fingerprint density at radius 2 is 2.00 bits per heavy atom. The van der Waals surface area contributed by atoms with E-state index in [-0.39, 0.29) is 5.79 Å². The fraction of sp³-hybridized carbons (Fsp3) is 0.714. The van der Waals surface area contributed by atoms with Gasteiger partial charge in [0.15, 0.2) is 5.79 Å². The predicted octanol–water partition coefficient (Wildman–Crippen LogP) is 3.74. The minimum Gasteiger partial charge on any atom is -0.348 e. The van der Waals surface area contributed by atoms with Gasteiger partial charge < -0.3 is 14.8 Å². The molecular weight excluding hydrogens is 282 g/mol. The van der Waals surface area contributed by atoms with Crippen molar-refractivity contribution in [2.24, 2.45) is 0 Å². The number of rotatable bonds is 3. The van der Waals surface area contributed by atoms with Crippen LogP contribution in [-0.2, 0) is 9.47 Å². The Kier molecular flexibility index (Phi) is 4.15. The number of hydrogen-bond donors (Lipinski definition) is 1. The van der Waals surface area contributed by atoms with Gasteiger partial charge in [0.25, 0.3) is 0 Å². The van der Waals surface area contributed by atoms with Crippen LogP contribution in [-0.4, -0.2) is 25.0 Å². The van der Waals surface area contributed by atoms with Gasteiger partial charge in [-0.05, 0) is 31.9 Å². The lowest BCUT2D eigenvalue weighted by molar-refractivity contribution is -0.179. The van der Waals surface area contributed by atoms with Crippen LogP contribution in [0.25, 0.3) is 0 Å². The van der Waals surface area contributed by atoms with Crippen molar-refractivity contribution >= 4 is 22.9 Å². The lowest BCUT2D eigenvalue weighted by atomic mass is 9.89. The van der Waals surface area contributed by atoms with E-state index >= 15 is 0 Å². The zero-order chi connectivity index (χ0) is 13.3. The molecule has 5 heteroatoms. The van der Waals surface area contributed by atoms with Crippen molar-refractivity contribution in [3.8, 4) is 0 Å². The van der Waals surface area contributed by atoms with Gasteiger partial charge >= 0.3 is 0 Å². The topological polar surface area (TPSA) is 30.5 Å². The van der Waals surface area contributed by atoms with Crippen LogP contribution in [0.4, 0.5) is 0 Å². The lowest BCUT2D eigenvalue weighted by Gasteiger charge is -2.36. The maximum Gasteiger partial charge on any atom is 0.168 e. The molecule has 1 aromatic rings. The highest BCUT2D eigenvalue weighted by atomic mass is 35.5. The minimum absolute atomic E-state index is 0.256. The summed E-state index contributed by atoms with van der Waals surface area (Å²) in [7, 11) is 0. The van der Waals surface area contributed by atoms with Crippen molar-refractivity contribution in [1.29, 1.82) is 0 Å². The third-order valence-electron chi connectivity index (χ3n) is 4.07. The quantitative estimate of drug-likeness (QED) is 0.922. The molecule has 1 aliphatic heterocycles. The zero-order valence-electron chi connectivity index (χ0n) is 11.2. The van der Waals surface area contributed by atoms with Gasteiger partial charge in [0.05, 0.1) is 17.6 Å². The number of nitrogens with one attached hydrogen (secondary N) is 1. The van der Waals surface area contributed by atoms with E-state index in [1.54, 1.807) is 11.3 Å². The molecule has 1 unspecified atom stereocenters. The van der Waals surface area contributed by atoms with Crippen LogP contribution < -0.4 is 5.32 Å². The molecule has 2 fully saturated rings. The highest BCUT2D eigenvalue weighted by molar-refractivity contribution is 7.16. The van der Waals surface area contributed by atoms with E-state index in [4.69, 9.17) is 21.1 Å². The van der Waals surface area contributed by atoms with Gasteiger partial charge in [-0.15, -0.1) is 11.3 Å². The molecule has 1 aromatic heterocycles. The van der Waals surface area contributed by atoms with Gasteiger partial charge in [0.1, 0.15) is 0 Å². The summed E-state index contributed by atoms with van der Waals surface area (Å²) in [5, 5.41) is 3.70. The van der Waals surface area contributed by atoms with Crippen molar-refractivity contribution in [3.63, 3.8) is 0 Å². The lowest BCUT2D eigenvalue weighted by Crippen LogP contribution is -2.42. The third-order valence-corrected chi connectivity index (χ3v) is 5.48. The molecule has 106 valence electrons. The Morgan fingerprint density at radius 1 is 1.32 bits per heavy atom. The average Bonchev–Trinajstić information content (AvgIpc) is 3.02. The molecule has 3 nitrogen and oxygen atoms in total. The second kappa shape index (κ2) is 5.70. The van der Waals surface area contributed by atoms with Gasteiger partial charge in [-0.1, -0.05) is 11.6 Å². The second-order valence-corrected chi connectivity index (χ2v) is 7.16. The molecule has 1 saturated heterocycles. The summed E-state index contributed by atoms with van der Waals surface area (Å²) >= 11 is 7.64. The fourth-order valence-corrected chi connectivity index (χ4v) is 4.08. The van der Waals surface area contributed by atoms with Crippen LogP contribution in [0.2, 0.25) is 4.34 Å². The minimum atomic E-state index is -0.256. The molecule has 1 saturated carbocycles. The van der Waals surface area contributed by atoms with Crippen molar-refractivity contribution in [2.75, 3.05) is 13.2 Å². The van der Waals surface area contributed by atoms with Gasteiger partial charge in [-0.25, -0.2) is 0 Å². The SMILES string of the molecule is CC(NC1CCC2(CC1)OCCO2)c1ccc(Cl)s1. The first-order valence-corrected chi connectivity index (χ1v) is 8.15. The molecule has 1 N–H and O–H groups in total. The van der Waals surface area contributed by atoms with Crippen LogP contribution in [0.15, 0.2) is 12.1 Å². The van der Waals surface area contributed by atoms with Gasteiger partial charge in [0.2, 0.25) is 0 Å². The number of thiophene rings is 1. The van der Waals surface area contributed by atoms with Crippen molar-refractivity contribution in [2.45, 2.75) is 50.5 Å². The number of hydrogen-bond acceptors (Lipinski definition) is 4. The summed E-state index contributed by atoms with van der Waals surface area (Å²) in [6, 6.07) is 4.99. The van der Waals surface area contributed by atoms with Crippen molar-refractivity contribution in [1.82, 2.24) is 5.32 Å². The predicted molar refractivity (Wildman–Crippen MR) is 77.8 cm³/mol. The van der Waals surface area contributed by atoms with E-state index in [0.29, 0.717) is 12.1 Å². The average molecular weight is 302 g/mol. The molecule has 1 atom stereocenters. The smallest absolute Gasteiger partial charge is 0.168 e. The molecule has 0 aromatic carbocycles. The molecular formula is C14H20ClNO2S. The van der Waals surface area contributed by atoms with E-state index < -0.39 is 0 Å². The van der Waals surface area contributed by atoms with E-state index in [2.05, 4.69) is 18.3 Å². The normalized spacial score (nSPS) is 24.9. The van der Waals surface area contributed by atoms with E-state index in [1.165, 1.54) is 4.88 Å².